The molecule has 0 amide bonds. The van der Waals surface area contributed by atoms with Crippen molar-refractivity contribution >= 4 is 65.9 Å². The Balaban J connectivity index is 1.28. The van der Waals surface area contributed by atoms with E-state index in [1.54, 1.807) is 32.3 Å². The smallest absolute Gasteiger partial charge is 0.323 e. The van der Waals surface area contributed by atoms with Crippen LogP contribution in [0.2, 0.25) is 0 Å². The van der Waals surface area contributed by atoms with Crippen molar-refractivity contribution in [3.8, 4) is 0 Å². The zero-order chi connectivity index (χ0) is 57.3. The predicted octanol–water partition coefficient (Wildman–Crippen LogP) is 6.90. The maximum atomic E-state index is 15.5. The Kier molecular flexibility index (Phi) is 25.4. The zero-order valence-electron chi connectivity index (χ0n) is 45.3. The van der Waals surface area contributed by atoms with Crippen molar-refractivity contribution in [3.05, 3.63) is 165 Å². The van der Waals surface area contributed by atoms with Crippen LogP contribution in [0.15, 0.2) is 137 Å². The maximum absolute atomic E-state index is 15.5. The van der Waals surface area contributed by atoms with Gasteiger partial charge in [-0.25, -0.2) is 30.3 Å². The number of carbonyl (C=O) groups excluding carboxylic acids is 4. The summed E-state index contributed by atoms with van der Waals surface area (Å²) in [6.45, 7) is 6.14. The third-order valence-electron chi connectivity index (χ3n) is 12.4. The van der Waals surface area contributed by atoms with Gasteiger partial charge in [0, 0.05) is 0 Å². The SMILES string of the molecule is CCOC(=O)[C@H](Cc1ccccc1)NP(=O)(CCOCC(COCCP(=O)(N[C@@H](Cc1ccccc1)C(=O)OCC)N[C@@H](Cc1ccccc1)C(=O)OCC)n1c(Br)nc2c(=O)[nH]cnc21)N[C@@H](Cc1ccccc1)C(=O)OCC. The van der Waals surface area contributed by atoms with E-state index in [0.29, 0.717) is 0 Å². The Morgan fingerprint density at radius 2 is 0.850 bits per heavy atom. The van der Waals surface area contributed by atoms with Crippen molar-refractivity contribution in [2.24, 2.45) is 0 Å². The number of nitrogens with one attached hydrogen (secondary N) is 5. The first-order chi connectivity index (χ1) is 38.7. The van der Waals surface area contributed by atoms with Crippen molar-refractivity contribution < 1.29 is 56.7 Å². The minimum absolute atomic E-state index is 0.0128. The van der Waals surface area contributed by atoms with Crippen molar-refractivity contribution in [2.45, 2.75) is 83.6 Å². The highest BCUT2D eigenvalue weighted by molar-refractivity contribution is 9.10. The highest BCUT2D eigenvalue weighted by atomic mass is 79.9. The third kappa shape index (κ3) is 19.5. The molecule has 6 aromatic rings. The number of hydrogen-bond acceptors (Lipinski definition) is 15. The van der Waals surface area contributed by atoms with Gasteiger partial charge in [0.05, 0.1) is 77.5 Å². The number of nitrogens with zero attached hydrogens (tertiary/aromatic N) is 3. The van der Waals surface area contributed by atoms with Crippen LogP contribution in [0.25, 0.3) is 11.2 Å². The number of carbonyl (C=O) groups is 4. The molecule has 6 rings (SSSR count). The van der Waals surface area contributed by atoms with Gasteiger partial charge in [-0.3, -0.25) is 37.7 Å². The van der Waals surface area contributed by atoms with Crippen molar-refractivity contribution in [3.63, 3.8) is 0 Å². The molecule has 0 fully saturated rings. The summed E-state index contributed by atoms with van der Waals surface area (Å²) in [5, 5.41) is 12.2. The monoisotopic (exact) mass is 1200 g/mol. The number of halogens is 1. The minimum Gasteiger partial charge on any atom is -0.465 e. The van der Waals surface area contributed by atoms with E-state index in [2.05, 4.69) is 51.2 Å². The lowest BCUT2D eigenvalue weighted by Crippen LogP contribution is -2.46. The second-order valence-corrected chi connectivity index (χ2v) is 24.0. The Hall–Kier alpha value is -6.19. The number of ether oxygens (including phenoxy) is 6. The lowest BCUT2D eigenvalue weighted by atomic mass is 10.1. The summed E-state index contributed by atoms with van der Waals surface area (Å²) < 4.78 is 67.3. The lowest BCUT2D eigenvalue weighted by Gasteiger charge is -2.30. The largest absolute Gasteiger partial charge is 0.465 e. The fraction of sp³-hybridized carbons (Fsp3) is 0.411. The molecular formula is C56H71BrN8O13P2. The molecule has 4 atom stereocenters. The van der Waals surface area contributed by atoms with Crippen molar-refractivity contribution in [2.75, 3.05) is 65.2 Å². The molecule has 5 N–H and O–H groups in total. The van der Waals surface area contributed by atoms with Crippen LogP contribution in [0.3, 0.4) is 0 Å². The van der Waals surface area contributed by atoms with Gasteiger partial charge in [0.15, 0.2) is 15.9 Å². The molecule has 21 nitrogen and oxygen atoms in total. The second-order valence-electron chi connectivity index (χ2n) is 18.4. The molecule has 0 bridgehead atoms. The molecule has 2 heterocycles. The van der Waals surface area contributed by atoms with E-state index in [9.17, 15) is 24.0 Å². The van der Waals surface area contributed by atoms with E-state index in [-0.39, 0.29) is 107 Å². The quantitative estimate of drug-likeness (QED) is 0.00890. The van der Waals surface area contributed by atoms with Gasteiger partial charge in [0.2, 0.25) is 14.9 Å². The van der Waals surface area contributed by atoms with Crippen LogP contribution >= 0.6 is 30.8 Å². The molecule has 0 spiro atoms. The molecule has 0 aliphatic rings. The van der Waals surface area contributed by atoms with Crippen LogP contribution in [-0.2, 0) is 82.4 Å². The standard InChI is InChI=1S/C56H71BrN8O13P2/c1-5-75-52(67)45(33-40-21-13-9-14-22-40)61-79(71,62-46(53(68)76-6-2)34-41-23-15-10-16-24-41)31-29-73-37-44(65-50-49(60-56(65)57)51(66)59-39-58-50)38-74-30-32-80(72,63-47(54(69)77-7-3)35-42-25-17-11-18-26-42)64-48(55(70)78-8-4)36-43-27-19-12-20-28-43/h9-28,39,44-48H,5-8,29-38H2,1-4H3,(H,58,59,66)(H2,61,62,71)(H2,63,64,72)/t45-,46-,47-,48-/m0/s1. The second kappa shape index (κ2) is 32.3. The van der Waals surface area contributed by atoms with Gasteiger partial charge in [0.25, 0.3) is 5.56 Å². The van der Waals surface area contributed by atoms with Crippen LogP contribution < -0.4 is 25.9 Å². The molecule has 2 aromatic heterocycles. The molecule has 24 heteroatoms. The van der Waals surface area contributed by atoms with Gasteiger partial charge in [0.1, 0.15) is 24.2 Å². The Morgan fingerprint density at radius 1 is 0.537 bits per heavy atom. The summed E-state index contributed by atoms with van der Waals surface area (Å²) in [5.41, 5.74) is 2.73. The fourth-order valence-corrected chi connectivity index (χ4v) is 13.5. The van der Waals surface area contributed by atoms with Gasteiger partial charge in [-0.05, 0) is 91.6 Å². The van der Waals surface area contributed by atoms with Crippen LogP contribution in [-0.4, -0.2) is 133 Å². The fourth-order valence-electron chi connectivity index (χ4n) is 8.68. The Labute approximate surface area is 474 Å². The Bertz CT molecular complexity index is 2760. The average Bonchev–Trinajstić information content (AvgIpc) is 3.83. The highest BCUT2D eigenvalue weighted by Gasteiger charge is 2.38. The molecule has 0 aliphatic heterocycles. The van der Waals surface area contributed by atoms with Crippen LogP contribution in [0, 0.1) is 0 Å². The number of aromatic amines is 1. The van der Waals surface area contributed by atoms with Gasteiger partial charge >= 0.3 is 23.9 Å². The number of hydrogen-bond donors (Lipinski definition) is 5. The summed E-state index contributed by atoms with van der Waals surface area (Å²) >= 11 is 3.49. The summed E-state index contributed by atoms with van der Waals surface area (Å²) in [7, 11) is -8.06. The molecule has 0 unspecified atom stereocenters. The van der Waals surface area contributed by atoms with Gasteiger partial charge in [-0.1, -0.05) is 121 Å². The van der Waals surface area contributed by atoms with Crippen LogP contribution in [0.4, 0.5) is 0 Å². The molecule has 0 saturated carbocycles. The summed E-state index contributed by atoms with van der Waals surface area (Å²) in [5.74, 6) is -2.60. The number of esters is 4. The van der Waals surface area contributed by atoms with Crippen molar-refractivity contribution in [1.82, 2.24) is 39.9 Å². The van der Waals surface area contributed by atoms with Crippen LogP contribution in [0.1, 0.15) is 56.0 Å². The first kappa shape index (κ1) is 63.0. The number of rotatable bonds is 35. The van der Waals surface area contributed by atoms with Gasteiger partial charge < -0.3 is 33.4 Å². The van der Waals surface area contributed by atoms with E-state index in [1.165, 1.54) is 6.33 Å². The predicted molar refractivity (Wildman–Crippen MR) is 306 cm³/mol. The normalized spacial score (nSPS) is 13.3. The van der Waals surface area contributed by atoms with E-state index in [1.807, 2.05) is 121 Å². The van der Waals surface area contributed by atoms with Gasteiger partial charge in [-0.15, -0.1) is 0 Å². The summed E-state index contributed by atoms with van der Waals surface area (Å²) in [6, 6.07) is 31.3. The van der Waals surface area contributed by atoms with Crippen LogP contribution in [0.5, 0.6) is 0 Å². The molecular weight excluding hydrogens is 1130 g/mol. The summed E-state index contributed by atoms with van der Waals surface area (Å²) in [6.07, 6.45) is 1.14. The molecule has 4 aromatic carbocycles. The van der Waals surface area contributed by atoms with E-state index < -0.39 is 74.5 Å². The first-order valence-corrected chi connectivity index (χ1v) is 31.1. The highest BCUT2D eigenvalue weighted by Crippen LogP contribution is 2.40. The molecule has 0 saturated heterocycles. The number of fused-ring (bicyclic) bond motifs is 1. The average molecular weight is 1210 g/mol. The first-order valence-electron chi connectivity index (χ1n) is 26.5. The number of benzene rings is 4. The molecule has 80 heavy (non-hydrogen) atoms. The number of imidazole rings is 1. The molecule has 0 aliphatic carbocycles. The zero-order valence-corrected chi connectivity index (χ0v) is 48.7. The topological polar surface area (TPSA) is 269 Å². The number of aromatic nitrogens is 4. The molecule has 430 valence electrons. The van der Waals surface area contributed by atoms with E-state index >= 15 is 9.13 Å². The maximum Gasteiger partial charge on any atom is 0.323 e. The molecule has 0 radical (unpaired) electrons. The van der Waals surface area contributed by atoms with Gasteiger partial charge in [-0.2, -0.15) is 0 Å². The summed E-state index contributed by atoms with van der Waals surface area (Å²) in [4.78, 5) is 78.9. The minimum atomic E-state index is -4.03. The van der Waals surface area contributed by atoms with Crippen molar-refractivity contribution in [1.29, 1.82) is 0 Å². The van der Waals surface area contributed by atoms with E-state index in [4.69, 9.17) is 28.4 Å². The van der Waals surface area contributed by atoms with E-state index in [0.717, 1.165) is 22.3 Å². The lowest BCUT2D eigenvalue weighted by molar-refractivity contribution is -0.146. The number of H-pyrrole nitrogens is 1. The Morgan fingerprint density at radius 3 is 1.15 bits per heavy atom. The third-order valence-corrected chi connectivity index (χ3v) is 17.5.